The Kier molecular flexibility index (Phi) is 4.14. The molecular weight excluding hydrogens is 354 g/mol. The number of hydrogen-bond acceptors (Lipinski definition) is 5. The van der Waals surface area contributed by atoms with Crippen molar-refractivity contribution < 1.29 is 4.79 Å². The summed E-state index contributed by atoms with van der Waals surface area (Å²) in [6.07, 6.45) is 6.47. The van der Waals surface area contributed by atoms with Gasteiger partial charge in [0.25, 0.3) is 5.91 Å². The molecule has 2 aliphatic rings. The smallest absolute Gasteiger partial charge is 0.254 e. The van der Waals surface area contributed by atoms with Gasteiger partial charge in [-0.25, -0.2) is 9.97 Å². The molecular formula is C20H25N7O. The Morgan fingerprint density at radius 3 is 2.75 bits per heavy atom. The van der Waals surface area contributed by atoms with Crippen molar-refractivity contribution in [1.82, 2.24) is 34.6 Å². The van der Waals surface area contributed by atoms with Crippen LogP contribution in [-0.2, 0) is 25.9 Å². The topological polar surface area (TPSA) is 90.5 Å². The molecule has 1 amide bonds. The molecule has 1 N–H and O–H groups in total. The SMILES string of the molecule is Cc1cc(C(=O)N[C@@H](C)c2nnc3n2CCC3)c2nc3n(c2n1)CCCCC3. The van der Waals surface area contributed by atoms with Crippen LogP contribution in [0.4, 0.5) is 0 Å². The van der Waals surface area contributed by atoms with Gasteiger partial charge in [-0.15, -0.1) is 10.2 Å². The second kappa shape index (κ2) is 6.68. The molecule has 0 aliphatic carbocycles. The number of amides is 1. The normalized spacial score (nSPS) is 17.2. The number of imidazole rings is 1. The molecule has 146 valence electrons. The van der Waals surface area contributed by atoms with E-state index < -0.39 is 0 Å². The maximum absolute atomic E-state index is 13.2. The van der Waals surface area contributed by atoms with Crippen LogP contribution in [0.1, 0.15) is 72.2 Å². The maximum atomic E-state index is 13.2. The van der Waals surface area contributed by atoms with Crippen LogP contribution in [-0.4, -0.2) is 35.2 Å². The number of aromatic nitrogens is 6. The Hall–Kier alpha value is -2.77. The molecule has 5 rings (SSSR count). The van der Waals surface area contributed by atoms with Crippen molar-refractivity contribution >= 4 is 17.1 Å². The van der Waals surface area contributed by atoms with Crippen LogP contribution >= 0.6 is 0 Å². The average molecular weight is 379 g/mol. The predicted molar refractivity (Wildman–Crippen MR) is 104 cm³/mol. The summed E-state index contributed by atoms with van der Waals surface area (Å²) >= 11 is 0. The van der Waals surface area contributed by atoms with Crippen LogP contribution in [0.3, 0.4) is 0 Å². The van der Waals surface area contributed by atoms with E-state index in [0.717, 1.165) is 74.0 Å². The number of rotatable bonds is 3. The van der Waals surface area contributed by atoms with E-state index in [0.29, 0.717) is 11.1 Å². The van der Waals surface area contributed by atoms with Gasteiger partial charge in [-0.3, -0.25) is 4.79 Å². The van der Waals surface area contributed by atoms with Crippen LogP contribution in [0.2, 0.25) is 0 Å². The van der Waals surface area contributed by atoms with E-state index in [1.807, 2.05) is 19.9 Å². The van der Waals surface area contributed by atoms with E-state index in [1.54, 1.807) is 0 Å². The Labute approximate surface area is 163 Å². The summed E-state index contributed by atoms with van der Waals surface area (Å²) in [4.78, 5) is 22.7. The Bertz CT molecular complexity index is 1060. The zero-order valence-corrected chi connectivity index (χ0v) is 16.4. The largest absolute Gasteiger partial charge is 0.342 e. The number of pyridine rings is 1. The van der Waals surface area contributed by atoms with Gasteiger partial charge in [-0.05, 0) is 39.2 Å². The van der Waals surface area contributed by atoms with Gasteiger partial charge in [-0.2, -0.15) is 0 Å². The van der Waals surface area contributed by atoms with Crippen molar-refractivity contribution in [2.45, 2.75) is 71.5 Å². The molecule has 1 atom stereocenters. The first kappa shape index (κ1) is 17.3. The minimum absolute atomic E-state index is 0.133. The molecule has 0 aromatic carbocycles. The van der Waals surface area contributed by atoms with Crippen LogP contribution in [0.25, 0.3) is 11.2 Å². The third-order valence-corrected chi connectivity index (χ3v) is 5.81. The Morgan fingerprint density at radius 2 is 1.86 bits per heavy atom. The highest BCUT2D eigenvalue weighted by Gasteiger charge is 2.25. The maximum Gasteiger partial charge on any atom is 0.254 e. The average Bonchev–Trinajstić information content (AvgIpc) is 3.31. The molecule has 0 unspecified atom stereocenters. The zero-order chi connectivity index (χ0) is 19.3. The second-order valence-corrected chi connectivity index (χ2v) is 7.90. The molecule has 0 fully saturated rings. The first-order valence-corrected chi connectivity index (χ1v) is 10.2. The Morgan fingerprint density at radius 1 is 1.04 bits per heavy atom. The quantitative estimate of drug-likeness (QED) is 0.755. The number of fused-ring (bicyclic) bond motifs is 4. The van der Waals surface area contributed by atoms with Crippen molar-refractivity contribution in [3.63, 3.8) is 0 Å². The summed E-state index contributed by atoms with van der Waals surface area (Å²) in [5.74, 6) is 2.74. The summed E-state index contributed by atoms with van der Waals surface area (Å²) in [5.41, 5.74) is 2.97. The van der Waals surface area contributed by atoms with Gasteiger partial charge in [0.1, 0.15) is 17.2 Å². The van der Waals surface area contributed by atoms with Crippen molar-refractivity contribution in [3.05, 3.63) is 34.8 Å². The lowest BCUT2D eigenvalue weighted by molar-refractivity contribution is 0.0939. The summed E-state index contributed by atoms with van der Waals surface area (Å²) in [6.45, 7) is 5.73. The van der Waals surface area contributed by atoms with Gasteiger partial charge in [0.15, 0.2) is 11.5 Å². The monoisotopic (exact) mass is 379 g/mol. The molecule has 0 bridgehead atoms. The summed E-state index contributed by atoms with van der Waals surface area (Å²) in [7, 11) is 0. The van der Waals surface area contributed by atoms with E-state index >= 15 is 0 Å². The van der Waals surface area contributed by atoms with E-state index in [1.165, 1.54) is 6.42 Å². The molecule has 0 saturated carbocycles. The third-order valence-electron chi connectivity index (χ3n) is 5.81. The van der Waals surface area contributed by atoms with Crippen molar-refractivity contribution in [3.8, 4) is 0 Å². The number of aryl methyl sites for hydroxylation is 4. The fourth-order valence-electron chi connectivity index (χ4n) is 4.42. The van der Waals surface area contributed by atoms with Gasteiger partial charge in [0.05, 0.1) is 11.6 Å². The molecule has 2 aliphatic heterocycles. The first-order chi connectivity index (χ1) is 13.6. The molecule has 3 aromatic heterocycles. The number of carbonyl (C=O) groups is 1. The fraction of sp³-hybridized carbons (Fsp3) is 0.550. The molecule has 5 heterocycles. The molecule has 8 heteroatoms. The number of hydrogen-bond donors (Lipinski definition) is 1. The highest BCUT2D eigenvalue weighted by atomic mass is 16.1. The third kappa shape index (κ3) is 2.78. The zero-order valence-electron chi connectivity index (χ0n) is 16.4. The predicted octanol–water partition coefficient (Wildman–Crippen LogP) is 2.49. The standard InChI is InChI=1S/C20H25N7O/c1-12-11-14(17-19(21-12)26-9-5-3-4-7-15(26)23-17)20(28)22-13(2)18-25-24-16-8-6-10-27(16)18/h11,13H,3-10H2,1-2H3,(H,22,28)/t13-/m0/s1. The number of nitrogens with zero attached hydrogens (tertiary/aromatic N) is 6. The van der Waals surface area contributed by atoms with Gasteiger partial charge in [0, 0.05) is 31.6 Å². The van der Waals surface area contributed by atoms with Gasteiger partial charge >= 0.3 is 0 Å². The molecule has 28 heavy (non-hydrogen) atoms. The molecule has 3 aromatic rings. The fourth-order valence-corrected chi connectivity index (χ4v) is 4.42. The summed E-state index contributed by atoms with van der Waals surface area (Å²) < 4.78 is 4.32. The number of nitrogens with one attached hydrogen (secondary N) is 1. The minimum Gasteiger partial charge on any atom is -0.342 e. The molecule has 0 radical (unpaired) electrons. The Balaban J connectivity index is 1.49. The highest BCUT2D eigenvalue weighted by Crippen LogP contribution is 2.25. The number of carbonyl (C=O) groups excluding carboxylic acids is 1. The highest BCUT2D eigenvalue weighted by molar-refractivity contribution is 6.04. The first-order valence-electron chi connectivity index (χ1n) is 10.2. The lowest BCUT2D eigenvalue weighted by Crippen LogP contribution is -2.29. The van der Waals surface area contributed by atoms with Crippen molar-refractivity contribution in [1.29, 1.82) is 0 Å². The van der Waals surface area contributed by atoms with Crippen molar-refractivity contribution in [2.24, 2.45) is 0 Å². The van der Waals surface area contributed by atoms with Crippen LogP contribution < -0.4 is 5.32 Å². The molecule has 0 spiro atoms. The van der Waals surface area contributed by atoms with Gasteiger partial charge in [-0.1, -0.05) is 6.42 Å². The second-order valence-electron chi connectivity index (χ2n) is 7.90. The van der Waals surface area contributed by atoms with E-state index in [4.69, 9.17) is 9.97 Å². The van der Waals surface area contributed by atoms with Gasteiger partial charge in [0.2, 0.25) is 0 Å². The van der Waals surface area contributed by atoms with Crippen LogP contribution in [0, 0.1) is 6.92 Å². The van der Waals surface area contributed by atoms with Crippen molar-refractivity contribution in [2.75, 3.05) is 0 Å². The molecule has 0 saturated heterocycles. The van der Waals surface area contributed by atoms with Crippen LogP contribution in [0.5, 0.6) is 0 Å². The van der Waals surface area contributed by atoms with E-state index in [2.05, 4.69) is 24.6 Å². The van der Waals surface area contributed by atoms with E-state index in [-0.39, 0.29) is 11.9 Å². The summed E-state index contributed by atoms with van der Waals surface area (Å²) in [6, 6.07) is 1.63. The van der Waals surface area contributed by atoms with Gasteiger partial charge < -0.3 is 14.5 Å². The molecule has 8 nitrogen and oxygen atoms in total. The van der Waals surface area contributed by atoms with Crippen LogP contribution in [0.15, 0.2) is 6.07 Å². The lowest BCUT2D eigenvalue weighted by Gasteiger charge is -2.14. The van der Waals surface area contributed by atoms with E-state index in [9.17, 15) is 4.79 Å². The minimum atomic E-state index is -0.212. The summed E-state index contributed by atoms with van der Waals surface area (Å²) in [5, 5.41) is 11.6. The lowest BCUT2D eigenvalue weighted by atomic mass is 10.1.